The van der Waals surface area contributed by atoms with Crippen LogP contribution in [0.2, 0.25) is 0 Å². The van der Waals surface area contributed by atoms with Crippen molar-refractivity contribution >= 4 is 18.4 Å². The summed E-state index contributed by atoms with van der Waals surface area (Å²) in [5.41, 5.74) is 0. The second kappa shape index (κ2) is 5.42. The van der Waals surface area contributed by atoms with Gasteiger partial charge in [0.25, 0.3) is 0 Å². The molecule has 0 aromatic carbocycles. The molecule has 1 rings (SSSR count). The summed E-state index contributed by atoms with van der Waals surface area (Å²) in [7, 11) is 1.53. The second-order valence-electron chi connectivity index (χ2n) is 2.75. The van der Waals surface area contributed by atoms with Crippen molar-refractivity contribution in [3.63, 3.8) is 0 Å². The van der Waals surface area contributed by atoms with Gasteiger partial charge in [0, 0.05) is 6.04 Å². The van der Waals surface area contributed by atoms with Crippen LogP contribution in [-0.2, 0) is 9.53 Å². The van der Waals surface area contributed by atoms with E-state index >= 15 is 0 Å². The summed E-state index contributed by atoms with van der Waals surface area (Å²) in [4.78, 5) is 9.88. The van der Waals surface area contributed by atoms with E-state index in [2.05, 4.69) is 15.5 Å². The number of nitrogens with one attached hydrogen (secondary N) is 1. The van der Waals surface area contributed by atoms with E-state index in [-0.39, 0.29) is 0 Å². The van der Waals surface area contributed by atoms with Crippen LogP contribution in [-0.4, -0.2) is 38.1 Å². The van der Waals surface area contributed by atoms with E-state index < -0.39 is 0 Å². The van der Waals surface area contributed by atoms with E-state index in [0.29, 0.717) is 24.8 Å². The summed E-state index contributed by atoms with van der Waals surface area (Å²) in [6, 6.07) is 0.607. The van der Waals surface area contributed by atoms with E-state index in [4.69, 9.17) is 4.74 Å². The van der Waals surface area contributed by atoms with Crippen LogP contribution in [0.1, 0.15) is 12.8 Å². The van der Waals surface area contributed by atoms with Crippen LogP contribution < -0.4 is 5.32 Å². The molecule has 0 radical (unpaired) electrons. The molecule has 1 aliphatic carbocycles. The SMILES string of the molecule is CO/C(CNC1CC1)=N\N=C\C=O. The molecule has 1 N–H and O–H groups in total. The molecule has 1 aliphatic rings. The van der Waals surface area contributed by atoms with Gasteiger partial charge in [-0.3, -0.25) is 4.79 Å². The topological polar surface area (TPSA) is 63.0 Å². The van der Waals surface area contributed by atoms with E-state index in [1.807, 2.05) is 0 Å². The summed E-state index contributed by atoms with van der Waals surface area (Å²) in [5.74, 6) is 0.491. The highest BCUT2D eigenvalue weighted by Crippen LogP contribution is 2.17. The van der Waals surface area contributed by atoms with Gasteiger partial charge in [-0.1, -0.05) is 0 Å². The fourth-order valence-corrected chi connectivity index (χ4v) is 0.792. The van der Waals surface area contributed by atoms with Crippen LogP contribution in [0, 0.1) is 0 Å². The summed E-state index contributed by atoms with van der Waals surface area (Å²) in [6.07, 6.45) is 4.09. The minimum Gasteiger partial charge on any atom is -0.482 e. The smallest absolute Gasteiger partial charge is 0.222 e. The molecule has 5 heteroatoms. The first-order chi connectivity index (χ1) is 6.36. The van der Waals surface area contributed by atoms with Gasteiger partial charge in [0.1, 0.15) is 0 Å². The molecule has 1 fully saturated rings. The first-order valence-corrected chi connectivity index (χ1v) is 4.18. The number of rotatable bonds is 5. The normalized spacial score (nSPS) is 17.8. The lowest BCUT2D eigenvalue weighted by Crippen LogP contribution is -2.25. The van der Waals surface area contributed by atoms with Crippen molar-refractivity contribution in [3.8, 4) is 0 Å². The Labute approximate surface area is 76.9 Å². The van der Waals surface area contributed by atoms with Crippen LogP contribution in [0.15, 0.2) is 10.2 Å². The average Bonchev–Trinajstić information content (AvgIpc) is 2.94. The monoisotopic (exact) mass is 183 g/mol. The van der Waals surface area contributed by atoms with Crippen molar-refractivity contribution in [3.05, 3.63) is 0 Å². The standard InChI is InChI=1S/C8H13N3O2/c1-13-8(11-10-4-5-12)6-9-7-2-3-7/h4-5,7,9H,2-3,6H2,1H3/b10-4+,11-8-. The molecule has 0 aromatic heterocycles. The van der Waals surface area contributed by atoms with E-state index in [9.17, 15) is 4.79 Å². The maximum absolute atomic E-state index is 9.88. The third-order valence-electron chi connectivity index (χ3n) is 1.65. The van der Waals surface area contributed by atoms with Crippen molar-refractivity contribution < 1.29 is 9.53 Å². The minimum atomic E-state index is 0.491. The van der Waals surface area contributed by atoms with Gasteiger partial charge >= 0.3 is 0 Å². The predicted molar refractivity (Wildman–Crippen MR) is 50.0 cm³/mol. The van der Waals surface area contributed by atoms with Crippen molar-refractivity contribution in [2.24, 2.45) is 10.2 Å². The number of ether oxygens (including phenoxy) is 1. The Morgan fingerprint density at radius 3 is 3.00 bits per heavy atom. The Kier molecular flexibility index (Phi) is 4.11. The van der Waals surface area contributed by atoms with E-state index in [0.717, 1.165) is 6.21 Å². The number of carbonyl (C=O) groups is 1. The summed E-state index contributed by atoms with van der Waals surface area (Å²) in [6.45, 7) is 0.567. The molecule has 0 saturated heterocycles. The van der Waals surface area contributed by atoms with Crippen LogP contribution >= 0.6 is 0 Å². The summed E-state index contributed by atoms with van der Waals surface area (Å²) >= 11 is 0. The van der Waals surface area contributed by atoms with Crippen LogP contribution in [0.4, 0.5) is 0 Å². The van der Waals surface area contributed by atoms with Gasteiger partial charge < -0.3 is 10.1 Å². The van der Waals surface area contributed by atoms with Crippen LogP contribution in [0.5, 0.6) is 0 Å². The molecule has 0 amide bonds. The van der Waals surface area contributed by atoms with Gasteiger partial charge in [0.05, 0.1) is 19.9 Å². The zero-order chi connectivity index (χ0) is 9.52. The van der Waals surface area contributed by atoms with E-state index in [1.54, 1.807) is 0 Å². The lowest BCUT2D eigenvalue weighted by Gasteiger charge is -2.03. The summed E-state index contributed by atoms with van der Waals surface area (Å²) in [5, 5.41) is 10.4. The van der Waals surface area contributed by atoms with Gasteiger partial charge in [0.2, 0.25) is 5.90 Å². The van der Waals surface area contributed by atoms with Crippen molar-refractivity contribution in [2.75, 3.05) is 13.7 Å². The molecule has 13 heavy (non-hydrogen) atoms. The highest BCUT2D eigenvalue weighted by molar-refractivity contribution is 6.12. The van der Waals surface area contributed by atoms with Crippen LogP contribution in [0.3, 0.4) is 0 Å². The zero-order valence-electron chi connectivity index (χ0n) is 7.56. The predicted octanol–water partition coefficient (Wildman–Crippen LogP) is -0.0320. The maximum Gasteiger partial charge on any atom is 0.222 e. The number of aldehydes is 1. The molecule has 0 spiro atoms. The van der Waals surface area contributed by atoms with Gasteiger partial charge in [-0.05, 0) is 12.8 Å². The third kappa shape index (κ3) is 4.37. The Balaban J connectivity index is 2.26. The van der Waals surface area contributed by atoms with Crippen molar-refractivity contribution in [2.45, 2.75) is 18.9 Å². The third-order valence-corrected chi connectivity index (χ3v) is 1.65. The molecular formula is C8H13N3O2. The van der Waals surface area contributed by atoms with Gasteiger partial charge in [-0.2, -0.15) is 5.10 Å². The largest absolute Gasteiger partial charge is 0.482 e. The number of hydrogen-bond acceptors (Lipinski definition) is 5. The Hall–Kier alpha value is -1.23. The quantitative estimate of drug-likeness (QED) is 0.282. The highest BCUT2D eigenvalue weighted by Gasteiger charge is 2.20. The minimum absolute atomic E-state index is 0.491. The first-order valence-electron chi connectivity index (χ1n) is 4.18. The van der Waals surface area contributed by atoms with Gasteiger partial charge in [-0.15, -0.1) is 5.10 Å². The molecule has 72 valence electrons. The summed E-state index contributed by atoms with van der Waals surface area (Å²) < 4.78 is 4.93. The highest BCUT2D eigenvalue weighted by atomic mass is 16.5. The van der Waals surface area contributed by atoms with Crippen molar-refractivity contribution in [1.29, 1.82) is 0 Å². The first kappa shape index (κ1) is 9.85. The lowest BCUT2D eigenvalue weighted by atomic mass is 10.6. The molecule has 0 unspecified atom stereocenters. The van der Waals surface area contributed by atoms with Gasteiger partial charge in [-0.25, -0.2) is 0 Å². The molecule has 1 saturated carbocycles. The van der Waals surface area contributed by atoms with Crippen molar-refractivity contribution in [1.82, 2.24) is 5.32 Å². The Morgan fingerprint density at radius 2 is 2.46 bits per heavy atom. The molecular weight excluding hydrogens is 170 g/mol. The average molecular weight is 183 g/mol. The van der Waals surface area contributed by atoms with E-state index in [1.165, 1.54) is 20.0 Å². The maximum atomic E-state index is 9.88. The number of methoxy groups -OCH3 is 1. The zero-order valence-corrected chi connectivity index (χ0v) is 7.56. The Morgan fingerprint density at radius 1 is 1.69 bits per heavy atom. The van der Waals surface area contributed by atoms with Gasteiger partial charge in [0.15, 0.2) is 6.29 Å². The molecule has 5 nitrogen and oxygen atoms in total. The fourth-order valence-electron chi connectivity index (χ4n) is 0.792. The molecule has 0 heterocycles. The number of carbonyl (C=O) groups excluding carboxylic acids is 1. The number of hydrogen-bond donors (Lipinski definition) is 1. The molecule has 0 bridgehead atoms. The fraction of sp³-hybridized carbons (Fsp3) is 0.625. The molecule has 0 aromatic rings. The second-order valence-corrected chi connectivity index (χ2v) is 2.75. The Bertz CT molecular complexity index is 221. The van der Waals surface area contributed by atoms with Crippen LogP contribution in [0.25, 0.3) is 0 Å². The lowest BCUT2D eigenvalue weighted by molar-refractivity contribution is -0.102. The molecule has 0 aliphatic heterocycles. The molecule has 0 atom stereocenters. The number of nitrogens with zero attached hydrogens (tertiary/aromatic N) is 2.